The molecule has 0 aromatic rings. The lowest BCUT2D eigenvalue weighted by Crippen LogP contribution is -2.35. The number of aliphatic hydroxyl groups excluding tert-OH is 1. The van der Waals surface area contributed by atoms with Gasteiger partial charge in [0, 0.05) is 19.8 Å². The smallest absolute Gasteiger partial charge is 0.0683 e. The first-order valence-corrected chi connectivity index (χ1v) is 5.80. The molecule has 0 bridgehead atoms. The lowest BCUT2D eigenvalue weighted by Gasteiger charge is -2.19. The quantitative estimate of drug-likeness (QED) is 0.584. The van der Waals surface area contributed by atoms with Crippen LogP contribution in [0, 0.1) is 16.7 Å². The van der Waals surface area contributed by atoms with Crippen molar-refractivity contribution in [3.8, 4) is 6.07 Å². The summed E-state index contributed by atoms with van der Waals surface area (Å²) in [6, 6.07) is 2.50. The average Bonchev–Trinajstić information content (AvgIpc) is 2.25. The minimum atomic E-state index is -0.241. The Bertz CT molecular complexity index is 206. The molecule has 16 heavy (non-hydrogen) atoms. The first-order valence-electron chi connectivity index (χ1n) is 5.80. The van der Waals surface area contributed by atoms with Gasteiger partial charge in [-0.05, 0) is 39.7 Å². The third kappa shape index (κ3) is 7.63. The summed E-state index contributed by atoms with van der Waals surface area (Å²) in [5, 5.41) is 21.0. The molecule has 0 saturated carbocycles. The van der Waals surface area contributed by atoms with Gasteiger partial charge in [-0.15, -0.1) is 0 Å². The maximum absolute atomic E-state index is 8.85. The van der Waals surface area contributed by atoms with Crippen LogP contribution in [0.3, 0.4) is 0 Å². The summed E-state index contributed by atoms with van der Waals surface area (Å²) in [6.45, 7) is 5.55. The summed E-state index contributed by atoms with van der Waals surface area (Å²) >= 11 is 0. The van der Waals surface area contributed by atoms with Crippen LogP contribution < -0.4 is 5.32 Å². The number of ether oxygens (including phenoxy) is 1. The van der Waals surface area contributed by atoms with E-state index < -0.39 is 0 Å². The van der Waals surface area contributed by atoms with Gasteiger partial charge in [0.15, 0.2) is 0 Å². The Morgan fingerprint density at radius 1 is 1.50 bits per heavy atom. The van der Waals surface area contributed by atoms with Gasteiger partial charge >= 0.3 is 0 Å². The van der Waals surface area contributed by atoms with Crippen LogP contribution in [0.4, 0.5) is 0 Å². The van der Waals surface area contributed by atoms with Crippen molar-refractivity contribution in [1.29, 1.82) is 5.26 Å². The van der Waals surface area contributed by atoms with Crippen LogP contribution in [-0.4, -0.2) is 38.0 Å². The fourth-order valence-electron chi connectivity index (χ4n) is 1.49. The highest BCUT2D eigenvalue weighted by molar-refractivity contribution is 4.91. The van der Waals surface area contributed by atoms with Gasteiger partial charge in [0.25, 0.3) is 0 Å². The third-order valence-corrected chi connectivity index (χ3v) is 2.56. The average molecular weight is 228 g/mol. The fraction of sp³-hybridized carbons (Fsp3) is 0.917. The molecule has 1 atom stereocenters. The van der Waals surface area contributed by atoms with Gasteiger partial charge < -0.3 is 15.2 Å². The van der Waals surface area contributed by atoms with Crippen molar-refractivity contribution >= 4 is 0 Å². The topological polar surface area (TPSA) is 65.3 Å². The Morgan fingerprint density at radius 3 is 2.69 bits per heavy atom. The van der Waals surface area contributed by atoms with Gasteiger partial charge in [-0.2, -0.15) is 5.26 Å². The first kappa shape index (κ1) is 15.4. The summed E-state index contributed by atoms with van der Waals surface area (Å²) in [7, 11) is 1.66. The van der Waals surface area contributed by atoms with Gasteiger partial charge in [-0.3, -0.25) is 0 Å². The van der Waals surface area contributed by atoms with E-state index in [9.17, 15) is 0 Å². The monoisotopic (exact) mass is 228 g/mol. The molecule has 2 N–H and O–H groups in total. The summed E-state index contributed by atoms with van der Waals surface area (Å²) in [4.78, 5) is 0. The summed E-state index contributed by atoms with van der Waals surface area (Å²) < 4.78 is 5.05. The summed E-state index contributed by atoms with van der Waals surface area (Å²) in [5.74, 6) is 0. The standard InChI is InChI=1S/C12H24N2O2/c1-12(2,10-13)6-4-7-14-11(5-8-15)9-16-3/h11,14-15H,4-9H2,1-3H3. The molecular formula is C12H24N2O2. The van der Waals surface area contributed by atoms with E-state index in [-0.39, 0.29) is 18.1 Å². The second-order valence-corrected chi connectivity index (χ2v) is 4.72. The molecule has 0 rings (SSSR count). The molecular weight excluding hydrogens is 204 g/mol. The number of hydrogen-bond donors (Lipinski definition) is 2. The van der Waals surface area contributed by atoms with E-state index in [0.717, 1.165) is 19.4 Å². The minimum Gasteiger partial charge on any atom is -0.396 e. The molecule has 0 aliphatic heterocycles. The Labute approximate surface area is 98.6 Å². The molecule has 4 nitrogen and oxygen atoms in total. The number of aliphatic hydroxyl groups is 1. The van der Waals surface area contributed by atoms with Gasteiger partial charge in [-0.1, -0.05) is 0 Å². The maximum Gasteiger partial charge on any atom is 0.0683 e. The number of nitriles is 1. The lowest BCUT2D eigenvalue weighted by atomic mass is 9.90. The van der Waals surface area contributed by atoms with Crippen LogP contribution in [-0.2, 0) is 4.74 Å². The van der Waals surface area contributed by atoms with Crippen molar-refractivity contribution in [2.24, 2.45) is 5.41 Å². The predicted octanol–water partition coefficient (Wildman–Crippen LogP) is 1.30. The highest BCUT2D eigenvalue weighted by Gasteiger charge is 2.15. The van der Waals surface area contributed by atoms with Crippen LogP contribution >= 0.6 is 0 Å². The van der Waals surface area contributed by atoms with Crippen LogP contribution in [0.5, 0.6) is 0 Å². The normalized spacial score (nSPS) is 13.4. The highest BCUT2D eigenvalue weighted by atomic mass is 16.5. The molecule has 4 heteroatoms. The van der Waals surface area contributed by atoms with Crippen molar-refractivity contribution < 1.29 is 9.84 Å². The van der Waals surface area contributed by atoms with E-state index in [2.05, 4.69) is 11.4 Å². The highest BCUT2D eigenvalue weighted by Crippen LogP contribution is 2.19. The zero-order valence-corrected chi connectivity index (χ0v) is 10.6. The van der Waals surface area contributed by atoms with Crippen molar-refractivity contribution in [3.63, 3.8) is 0 Å². The number of hydrogen-bond acceptors (Lipinski definition) is 4. The molecule has 0 fully saturated rings. The van der Waals surface area contributed by atoms with Crippen molar-refractivity contribution in [3.05, 3.63) is 0 Å². The number of nitrogens with zero attached hydrogens (tertiary/aromatic N) is 1. The summed E-state index contributed by atoms with van der Waals surface area (Å²) in [6.07, 6.45) is 2.55. The van der Waals surface area contributed by atoms with Crippen molar-refractivity contribution in [2.75, 3.05) is 26.9 Å². The van der Waals surface area contributed by atoms with E-state index >= 15 is 0 Å². The zero-order chi connectivity index (χ0) is 12.4. The molecule has 0 spiro atoms. The predicted molar refractivity (Wildman–Crippen MR) is 64.0 cm³/mol. The molecule has 0 amide bonds. The minimum absolute atomic E-state index is 0.171. The Balaban J connectivity index is 3.66. The second kappa shape index (κ2) is 8.51. The van der Waals surface area contributed by atoms with Crippen LogP contribution in [0.15, 0.2) is 0 Å². The van der Waals surface area contributed by atoms with E-state index in [1.807, 2.05) is 13.8 Å². The van der Waals surface area contributed by atoms with E-state index in [1.54, 1.807) is 7.11 Å². The molecule has 0 saturated heterocycles. The molecule has 0 aromatic carbocycles. The Kier molecular flexibility index (Phi) is 8.18. The molecule has 0 heterocycles. The summed E-state index contributed by atoms with van der Waals surface area (Å²) in [5.41, 5.74) is -0.241. The third-order valence-electron chi connectivity index (χ3n) is 2.56. The molecule has 0 aliphatic rings. The van der Waals surface area contributed by atoms with Crippen LogP contribution in [0.2, 0.25) is 0 Å². The van der Waals surface area contributed by atoms with E-state index in [0.29, 0.717) is 13.0 Å². The largest absolute Gasteiger partial charge is 0.396 e. The maximum atomic E-state index is 8.85. The van der Waals surface area contributed by atoms with Crippen molar-refractivity contribution in [2.45, 2.75) is 39.2 Å². The lowest BCUT2D eigenvalue weighted by molar-refractivity contribution is 0.148. The SMILES string of the molecule is COCC(CCO)NCCCC(C)(C)C#N. The van der Waals surface area contributed by atoms with Crippen LogP contribution in [0.1, 0.15) is 33.1 Å². The number of nitrogens with one attached hydrogen (secondary N) is 1. The molecule has 0 aliphatic carbocycles. The van der Waals surface area contributed by atoms with Crippen LogP contribution in [0.25, 0.3) is 0 Å². The Morgan fingerprint density at radius 2 is 2.19 bits per heavy atom. The van der Waals surface area contributed by atoms with Crippen molar-refractivity contribution in [1.82, 2.24) is 5.32 Å². The van der Waals surface area contributed by atoms with Gasteiger partial charge in [0.1, 0.15) is 0 Å². The fourth-order valence-corrected chi connectivity index (χ4v) is 1.49. The molecule has 0 radical (unpaired) electrons. The number of methoxy groups -OCH3 is 1. The number of rotatable bonds is 9. The second-order valence-electron chi connectivity index (χ2n) is 4.72. The van der Waals surface area contributed by atoms with Gasteiger partial charge in [0.2, 0.25) is 0 Å². The molecule has 94 valence electrons. The van der Waals surface area contributed by atoms with Gasteiger partial charge in [-0.25, -0.2) is 0 Å². The van der Waals surface area contributed by atoms with Gasteiger partial charge in [0.05, 0.1) is 18.1 Å². The molecule has 1 unspecified atom stereocenters. The molecule has 0 aromatic heterocycles. The van der Waals surface area contributed by atoms with E-state index in [1.165, 1.54) is 0 Å². The zero-order valence-electron chi connectivity index (χ0n) is 10.6. The van der Waals surface area contributed by atoms with E-state index in [4.69, 9.17) is 15.1 Å². The first-order chi connectivity index (χ1) is 7.55. The Hall–Kier alpha value is -0.630.